The number of aromatic amines is 1. The van der Waals surface area contributed by atoms with E-state index in [1.807, 2.05) is 11.6 Å². The van der Waals surface area contributed by atoms with Crippen molar-refractivity contribution in [2.75, 3.05) is 33.9 Å². The van der Waals surface area contributed by atoms with Gasteiger partial charge in [0.15, 0.2) is 4.77 Å². The monoisotopic (exact) mass is 243 g/mol. The zero-order valence-electron chi connectivity index (χ0n) is 9.60. The molecule has 0 atom stereocenters. The van der Waals surface area contributed by atoms with Gasteiger partial charge in [-0.15, -0.1) is 0 Å². The normalized spacial score (nSPS) is 10.9. The lowest BCUT2D eigenvalue weighted by atomic mass is 10.5. The molecule has 0 saturated carbocycles. The SMILES string of the molecule is COCCN(C)CCn1ccc(=O)[nH]c1=S. The molecule has 0 saturated heterocycles. The van der Waals surface area contributed by atoms with Crippen LogP contribution >= 0.6 is 12.2 Å². The number of aromatic nitrogens is 2. The van der Waals surface area contributed by atoms with Gasteiger partial charge in [-0.05, 0) is 19.3 Å². The number of hydrogen-bond donors (Lipinski definition) is 1. The molecule has 0 aliphatic heterocycles. The van der Waals surface area contributed by atoms with Crippen molar-refractivity contribution in [2.24, 2.45) is 0 Å². The fourth-order valence-electron chi connectivity index (χ4n) is 1.26. The number of likely N-dealkylation sites (N-methyl/N-ethyl adjacent to an activating group) is 1. The van der Waals surface area contributed by atoms with Crippen LogP contribution in [0.25, 0.3) is 0 Å². The fourth-order valence-corrected chi connectivity index (χ4v) is 1.51. The molecule has 1 heterocycles. The van der Waals surface area contributed by atoms with Gasteiger partial charge in [0, 0.05) is 39.0 Å². The molecule has 0 fully saturated rings. The van der Waals surface area contributed by atoms with Gasteiger partial charge in [0.1, 0.15) is 0 Å². The van der Waals surface area contributed by atoms with Crippen molar-refractivity contribution in [3.8, 4) is 0 Å². The Morgan fingerprint density at radius 1 is 1.56 bits per heavy atom. The number of hydrogen-bond acceptors (Lipinski definition) is 4. The summed E-state index contributed by atoms with van der Waals surface area (Å²) in [7, 11) is 3.71. The lowest BCUT2D eigenvalue weighted by molar-refractivity contribution is 0.159. The van der Waals surface area contributed by atoms with Crippen molar-refractivity contribution >= 4 is 12.2 Å². The summed E-state index contributed by atoms with van der Waals surface area (Å²) in [5.41, 5.74) is -0.158. The van der Waals surface area contributed by atoms with Gasteiger partial charge in [0.25, 0.3) is 5.56 Å². The first-order valence-electron chi connectivity index (χ1n) is 5.10. The summed E-state index contributed by atoms with van der Waals surface area (Å²) in [6, 6.07) is 1.48. The Labute approximate surface area is 99.7 Å². The molecule has 90 valence electrons. The van der Waals surface area contributed by atoms with Crippen LogP contribution in [-0.2, 0) is 11.3 Å². The summed E-state index contributed by atoms with van der Waals surface area (Å²) in [6.45, 7) is 3.22. The molecule has 16 heavy (non-hydrogen) atoms. The van der Waals surface area contributed by atoms with Crippen LogP contribution in [0.2, 0.25) is 0 Å². The number of H-pyrrole nitrogens is 1. The molecule has 5 nitrogen and oxygen atoms in total. The third-order valence-corrected chi connectivity index (χ3v) is 2.63. The van der Waals surface area contributed by atoms with Crippen LogP contribution in [0.1, 0.15) is 0 Å². The van der Waals surface area contributed by atoms with Crippen molar-refractivity contribution in [1.82, 2.24) is 14.5 Å². The Kier molecular flexibility index (Phi) is 5.37. The maximum absolute atomic E-state index is 11.0. The molecule has 0 aliphatic rings. The highest BCUT2D eigenvalue weighted by Crippen LogP contribution is 1.90. The summed E-state index contributed by atoms with van der Waals surface area (Å²) in [5.74, 6) is 0. The largest absolute Gasteiger partial charge is 0.383 e. The van der Waals surface area contributed by atoms with E-state index in [9.17, 15) is 4.79 Å². The van der Waals surface area contributed by atoms with Gasteiger partial charge in [0.2, 0.25) is 0 Å². The molecule has 1 aromatic heterocycles. The smallest absolute Gasteiger partial charge is 0.251 e. The van der Waals surface area contributed by atoms with Gasteiger partial charge in [-0.2, -0.15) is 0 Å². The van der Waals surface area contributed by atoms with Crippen molar-refractivity contribution in [2.45, 2.75) is 6.54 Å². The summed E-state index contributed by atoms with van der Waals surface area (Å²) in [4.78, 5) is 15.7. The van der Waals surface area contributed by atoms with Gasteiger partial charge >= 0.3 is 0 Å². The highest BCUT2D eigenvalue weighted by Gasteiger charge is 1.99. The van der Waals surface area contributed by atoms with Crippen LogP contribution in [0, 0.1) is 4.77 Å². The van der Waals surface area contributed by atoms with Crippen LogP contribution in [0.5, 0.6) is 0 Å². The molecular formula is C10H17N3O2S. The molecule has 0 amide bonds. The highest BCUT2D eigenvalue weighted by atomic mass is 32.1. The molecule has 0 bridgehead atoms. The molecule has 6 heteroatoms. The average Bonchev–Trinajstić information content (AvgIpc) is 2.25. The second-order valence-electron chi connectivity index (χ2n) is 3.60. The summed E-state index contributed by atoms with van der Waals surface area (Å²) in [5, 5.41) is 0. The van der Waals surface area contributed by atoms with Gasteiger partial charge in [-0.25, -0.2) is 0 Å². The van der Waals surface area contributed by atoms with Crippen LogP contribution in [0.4, 0.5) is 0 Å². The molecule has 0 radical (unpaired) electrons. The topological polar surface area (TPSA) is 50.3 Å². The molecule has 0 aliphatic carbocycles. The summed E-state index contributed by atoms with van der Waals surface area (Å²) < 4.78 is 7.30. The first-order chi connectivity index (χ1) is 7.63. The molecule has 1 aromatic rings. The lowest BCUT2D eigenvalue weighted by Gasteiger charge is -2.16. The molecule has 0 aromatic carbocycles. The van der Waals surface area contributed by atoms with Gasteiger partial charge < -0.3 is 14.2 Å². The van der Waals surface area contributed by atoms with E-state index in [-0.39, 0.29) is 5.56 Å². The average molecular weight is 243 g/mol. The van der Waals surface area contributed by atoms with Crippen molar-refractivity contribution in [1.29, 1.82) is 0 Å². The third-order valence-electron chi connectivity index (χ3n) is 2.30. The Balaban J connectivity index is 2.48. The standard InChI is InChI=1S/C10H17N3O2S/c1-12(7-8-15-2)5-6-13-4-3-9(14)11-10(13)16/h3-4H,5-8H2,1-2H3,(H,11,14,16). The second kappa shape index (κ2) is 6.57. The van der Waals surface area contributed by atoms with Gasteiger partial charge in [-0.1, -0.05) is 0 Å². The third kappa shape index (κ3) is 4.26. The Morgan fingerprint density at radius 3 is 2.94 bits per heavy atom. The minimum absolute atomic E-state index is 0.158. The minimum atomic E-state index is -0.158. The molecule has 1 rings (SSSR count). The van der Waals surface area contributed by atoms with Crippen LogP contribution in [-0.4, -0.2) is 48.3 Å². The van der Waals surface area contributed by atoms with Crippen molar-refractivity contribution in [3.05, 3.63) is 27.4 Å². The van der Waals surface area contributed by atoms with Gasteiger partial charge in [0.05, 0.1) is 6.61 Å². The van der Waals surface area contributed by atoms with E-state index in [0.717, 1.165) is 19.6 Å². The van der Waals surface area contributed by atoms with E-state index >= 15 is 0 Å². The highest BCUT2D eigenvalue weighted by molar-refractivity contribution is 7.71. The quantitative estimate of drug-likeness (QED) is 0.739. The number of nitrogens with one attached hydrogen (secondary N) is 1. The zero-order valence-corrected chi connectivity index (χ0v) is 10.4. The summed E-state index contributed by atoms with van der Waals surface area (Å²) in [6.07, 6.45) is 1.71. The number of rotatable bonds is 6. The van der Waals surface area contributed by atoms with Crippen molar-refractivity contribution in [3.63, 3.8) is 0 Å². The van der Waals surface area contributed by atoms with E-state index in [0.29, 0.717) is 11.4 Å². The Hall–Kier alpha value is -0.980. The predicted molar refractivity (Wildman–Crippen MR) is 65.3 cm³/mol. The number of ether oxygens (including phenoxy) is 1. The Morgan fingerprint density at radius 2 is 2.31 bits per heavy atom. The van der Waals surface area contributed by atoms with E-state index < -0.39 is 0 Å². The van der Waals surface area contributed by atoms with E-state index in [2.05, 4.69) is 9.88 Å². The maximum Gasteiger partial charge on any atom is 0.251 e. The lowest BCUT2D eigenvalue weighted by Crippen LogP contribution is -2.27. The van der Waals surface area contributed by atoms with E-state index in [1.165, 1.54) is 6.07 Å². The first kappa shape index (κ1) is 13.1. The first-order valence-corrected chi connectivity index (χ1v) is 5.51. The molecule has 1 N–H and O–H groups in total. The van der Waals surface area contributed by atoms with Crippen LogP contribution < -0.4 is 5.56 Å². The molecular weight excluding hydrogens is 226 g/mol. The Bertz CT molecular complexity index is 427. The minimum Gasteiger partial charge on any atom is -0.383 e. The number of methoxy groups -OCH3 is 1. The number of nitrogens with zero attached hydrogens (tertiary/aromatic N) is 2. The van der Waals surface area contributed by atoms with E-state index in [4.69, 9.17) is 17.0 Å². The maximum atomic E-state index is 11.0. The van der Waals surface area contributed by atoms with Crippen molar-refractivity contribution < 1.29 is 4.74 Å². The fraction of sp³-hybridized carbons (Fsp3) is 0.600. The second-order valence-corrected chi connectivity index (χ2v) is 3.99. The van der Waals surface area contributed by atoms with Crippen LogP contribution in [0.3, 0.4) is 0 Å². The van der Waals surface area contributed by atoms with Gasteiger partial charge in [-0.3, -0.25) is 9.78 Å². The van der Waals surface area contributed by atoms with E-state index in [1.54, 1.807) is 13.3 Å². The molecule has 0 spiro atoms. The summed E-state index contributed by atoms with van der Waals surface area (Å²) >= 11 is 5.04. The predicted octanol–water partition coefficient (Wildman–Crippen LogP) is 0.484. The van der Waals surface area contributed by atoms with Crippen LogP contribution in [0.15, 0.2) is 17.1 Å². The zero-order chi connectivity index (χ0) is 12.0. The molecule has 0 unspecified atom stereocenters.